The molecule has 1 aromatic carbocycles. The second-order valence-electron chi connectivity index (χ2n) is 6.07. The minimum Gasteiger partial charge on any atom is -0.495 e. The molecular weight excluding hydrogens is 326 g/mol. The highest BCUT2D eigenvalue weighted by atomic mass is 35.5. The number of rotatable bonds is 5. The second kappa shape index (κ2) is 7.66. The van der Waals surface area contributed by atoms with Crippen molar-refractivity contribution in [2.45, 2.75) is 45.1 Å². The van der Waals surface area contributed by atoms with Gasteiger partial charge < -0.3 is 15.4 Å². The number of benzene rings is 1. The van der Waals surface area contributed by atoms with Crippen LogP contribution in [-0.4, -0.2) is 28.3 Å². The summed E-state index contributed by atoms with van der Waals surface area (Å²) in [5.74, 6) is 1.82. The molecule has 0 amide bonds. The highest BCUT2D eigenvalue weighted by Crippen LogP contribution is 2.32. The Morgan fingerprint density at radius 3 is 2.75 bits per heavy atom. The molecule has 2 N–H and O–H groups in total. The molecule has 128 valence electrons. The topological polar surface area (TPSA) is 72.0 Å². The maximum absolute atomic E-state index is 6.15. The van der Waals surface area contributed by atoms with Crippen molar-refractivity contribution in [3.63, 3.8) is 0 Å². The van der Waals surface area contributed by atoms with Crippen molar-refractivity contribution < 1.29 is 4.74 Å². The first-order chi connectivity index (χ1) is 11.7. The molecule has 1 saturated carbocycles. The Labute approximate surface area is 147 Å². The van der Waals surface area contributed by atoms with Crippen molar-refractivity contribution in [3.8, 4) is 5.75 Å². The van der Waals surface area contributed by atoms with Gasteiger partial charge in [-0.05, 0) is 31.4 Å². The number of ether oxygens (including phenoxy) is 1. The normalized spacial score (nSPS) is 15.1. The zero-order chi connectivity index (χ0) is 16.9. The Morgan fingerprint density at radius 2 is 2.00 bits per heavy atom. The quantitative estimate of drug-likeness (QED) is 0.838. The average Bonchev–Trinajstić information content (AvgIpc) is 2.59. The van der Waals surface area contributed by atoms with Gasteiger partial charge in [-0.1, -0.05) is 30.9 Å². The maximum Gasteiger partial charge on any atom is 0.244 e. The fourth-order valence-electron chi connectivity index (χ4n) is 2.92. The summed E-state index contributed by atoms with van der Waals surface area (Å²) < 4.78 is 5.38. The predicted molar refractivity (Wildman–Crippen MR) is 96.3 cm³/mol. The monoisotopic (exact) mass is 347 g/mol. The van der Waals surface area contributed by atoms with E-state index in [1.165, 1.54) is 19.3 Å². The minimum atomic E-state index is 0.433. The molecule has 7 heteroatoms. The van der Waals surface area contributed by atoms with Crippen LogP contribution in [0.2, 0.25) is 5.02 Å². The average molecular weight is 348 g/mol. The van der Waals surface area contributed by atoms with Crippen LogP contribution >= 0.6 is 11.6 Å². The number of hydrogen-bond donors (Lipinski definition) is 2. The van der Waals surface area contributed by atoms with Crippen LogP contribution in [0.25, 0.3) is 0 Å². The van der Waals surface area contributed by atoms with Gasteiger partial charge in [0.05, 0.1) is 19.0 Å². The van der Waals surface area contributed by atoms with Crippen LogP contribution in [0.3, 0.4) is 0 Å². The number of hydrogen-bond acceptors (Lipinski definition) is 6. The van der Waals surface area contributed by atoms with Crippen LogP contribution < -0.4 is 15.4 Å². The molecular formula is C17H22ClN5O. The number of aromatic nitrogens is 3. The van der Waals surface area contributed by atoms with E-state index in [4.69, 9.17) is 16.3 Å². The van der Waals surface area contributed by atoms with Crippen LogP contribution in [0.1, 0.15) is 37.7 Å². The van der Waals surface area contributed by atoms with Gasteiger partial charge in [0.1, 0.15) is 5.75 Å². The van der Waals surface area contributed by atoms with Crippen LogP contribution in [0.15, 0.2) is 18.3 Å². The summed E-state index contributed by atoms with van der Waals surface area (Å²) in [5, 5.41) is 15.4. The van der Waals surface area contributed by atoms with E-state index >= 15 is 0 Å². The van der Waals surface area contributed by atoms with Crippen LogP contribution in [-0.2, 0) is 0 Å². The highest BCUT2D eigenvalue weighted by molar-refractivity contribution is 6.31. The lowest BCUT2D eigenvalue weighted by atomic mass is 9.96. The van der Waals surface area contributed by atoms with Gasteiger partial charge in [-0.15, -0.1) is 5.10 Å². The number of aryl methyl sites for hydroxylation is 1. The zero-order valence-corrected chi connectivity index (χ0v) is 14.7. The molecule has 6 nitrogen and oxygen atoms in total. The summed E-state index contributed by atoms with van der Waals surface area (Å²) in [6, 6.07) is 4.15. The lowest BCUT2D eigenvalue weighted by molar-refractivity contribution is 0.416. The Hall–Kier alpha value is -2.08. The van der Waals surface area contributed by atoms with Gasteiger partial charge in [0, 0.05) is 17.1 Å². The van der Waals surface area contributed by atoms with E-state index in [0.717, 1.165) is 24.1 Å². The number of nitrogens with one attached hydrogen (secondary N) is 2. The second-order valence-corrected chi connectivity index (χ2v) is 6.48. The molecule has 1 fully saturated rings. The number of nitrogens with zero attached hydrogens (tertiary/aromatic N) is 3. The van der Waals surface area contributed by atoms with Crippen molar-refractivity contribution >= 4 is 29.1 Å². The molecule has 3 rings (SSSR count). The lowest BCUT2D eigenvalue weighted by Gasteiger charge is -2.22. The van der Waals surface area contributed by atoms with Crippen molar-refractivity contribution in [1.29, 1.82) is 0 Å². The smallest absolute Gasteiger partial charge is 0.244 e. The number of methoxy groups -OCH3 is 1. The molecule has 0 atom stereocenters. The molecule has 1 aliphatic rings. The first-order valence-corrected chi connectivity index (χ1v) is 8.61. The van der Waals surface area contributed by atoms with Crippen molar-refractivity contribution in [1.82, 2.24) is 15.2 Å². The molecule has 1 aliphatic carbocycles. The zero-order valence-electron chi connectivity index (χ0n) is 14.0. The third-order valence-electron chi connectivity index (χ3n) is 4.24. The van der Waals surface area contributed by atoms with Gasteiger partial charge in [0.15, 0.2) is 5.82 Å². The standard InChI is InChI=1S/C17H22ClN5O/c1-11-8-14(15(24-2)9-13(11)18)21-16-10-19-23-17(22-16)20-12-6-4-3-5-7-12/h8-10,12H,3-7H2,1-2H3,(H2,20,21,22,23). The van der Waals surface area contributed by atoms with E-state index < -0.39 is 0 Å². The highest BCUT2D eigenvalue weighted by Gasteiger charge is 2.15. The summed E-state index contributed by atoms with van der Waals surface area (Å²) in [6.45, 7) is 1.95. The predicted octanol–water partition coefficient (Wildman–Crippen LogP) is 4.33. The summed E-state index contributed by atoms with van der Waals surface area (Å²) in [6.07, 6.45) is 7.73. The summed E-state index contributed by atoms with van der Waals surface area (Å²) in [4.78, 5) is 4.51. The van der Waals surface area contributed by atoms with E-state index in [1.54, 1.807) is 19.4 Å². The third kappa shape index (κ3) is 4.06. The van der Waals surface area contributed by atoms with Gasteiger partial charge in [-0.3, -0.25) is 0 Å². The molecule has 1 heterocycles. The van der Waals surface area contributed by atoms with E-state index in [-0.39, 0.29) is 0 Å². The van der Waals surface area contributed by atoms with Gasteiger partial charge in [-0.2, -0.15) is 10.1 Å². The van der Waals surface area contributed by atoms with Crippen molar-refractivity contribution in [2.24, 2.45) is 0 Å². The minimum absolute atomic E-state index is 0.433. The first kappa shape index (κ1) is 16.8. The maximum atomic E-state index is 6.15. The fourth-order valence-corrected chi connectivity index (χ4v) is 3.08. The van der Waals surface area contributed by atoms with E-state index in [1.807, 2.05) is 13.0 Å². The molecule has 1 aromatic heterocycles. The summed E-state index contributed by atoms with van der Waals surface area (Å²) in [7, 11) is 1.61. The van der Waals surface area contributed by atoms with Gasteiger partial charge in [0.25, 0.3) is 0 Å². The lowest BCUT2D eigenvalue weighted by Crippen LogP contribution is -2.23. The Balaban J connectivity index is 1.76. The Kier molecular flexibility index (Phi) is 5.35. The van der Waals surface area contributed by atoms with E-state index in [9.17, 15) is 0 Å². The number of halogens is 1. The largest absolute Gasteiger partial charge is 0.495 e. The van der Waals surface area contributed by atoms with E-state index in [2.05, 4.69) is 25.8 Å². The fraction of sp³-hybridized carbons (Fsp3) is 0.471. The third-order valence-corrected chi connectivity index (χ3v) is 4.65. The molecule has 0 bridgehead atoms. The first-order valence-electron chi connectivity index (χ1n) is 8.23. The Bertz CT molecular complexity index is 703. The van der Waals surface area contributed by atoms with Crippen LogP contribution in [0, 0.1) is 6.92 Å². The van der Waals surface area contributed by atoms with E-state index in [0.29, 0.717) is 28.6 Å². The summed E-state index contributed by atoms with van der Waals surface area (Å²) in [5.41, 5.74) is 1.76. The molecule has 24 heavy (non-hydrogen) atoms. The SMILES string of the molecule is COc1cc(Cl)c(C)cc1Nc1cnnc(NC2CCCCC2)n1. The number of anilines is 3. The molecule has 0 saturated heterocycles. The van der Waals surface area contributed by atoms with Gasteiger partial charge in [0.2, 0.25) is 5.95 Å². The van der Waals surface area contributed by atoms with Crippen molar-refractivity contribution in [3.05, 3.63) is 28.9 Å². The van der Waals surface area contributed by atoms with Crippen molar-refractivity contribution in [2.75, 3.05) is 17.7 Å². The molecule has 0 radical (unpaired) electrons. The molecule has 2 aromatic rings. The molecule has 0 unspecified atom stereocenters. The molecule has 0 aliphatic heterocycles. The van der Waals surface area contributed by atoms with Crippen LogP contribution in [0.4, 0.5) is 17.5 Å². The van der Waals surface area contributed by atoms with Gasteiger partial charge in [-0.25, -0.2) is 0 Å². The molecule has 0 spiro atoms. The summed E-state index contributed by atoms with van der Waals surface area (Å²) >= 11 is 6.15. The van der Waals surface area contributed by atoms with Crippen LogP contribution in [0.5, 0.6) is 5.75 Å². The Morgan fingerprint density at radius 1 is 1.21 bits per heavy atom. The van der Waals surface area contributed by atoms with Gasteiger partial charge >= 0.3 is 0 Å².